The van der Waals surface area contributed by atoms with Crippen LogP contribution in [0.1, 0.15) is 12.5 Å². The number of aromatic nitrogens is 1. The summed E-state index contributed by atoms with van der Waals surface area (Å²) in [5, 5.41) is 0. The van der Waals surface area contributed by atoms with Crippen LogP contribution in [0, 0.1) is 5.92 Å². The molecule has 3 rings (SSSR count). The van der Waals surface area contributed by atoms with E-state index in [2.05, 4.69) is 16.0 Å². The lowest BCUT2D eigenvalue weighted by molar-refractivity contribution is -0.148. The first-order valence-corrected chi connectivity index (χ1v) is 7.79. The van der Waals surface area contributed by atoms with Crippen molar-refractivity contribution < 1.29 is 9.59 Å². The fourth-order valence-corrected chi connectivity index (χ4v) is 3.03. The molecule has 1 aromatic heterocycles. The summed E-state index contributed by atoms with van der Waals surface area (Å²) in [6.07, 6.45) is 3.67. The number of amides is 2. The fraction of sp³-hybridized carbons (Fsp3) is 0.562. The Hall–Kier alpha value is -1.95. The SMILES string of the molecule is CC(=O)N1CC(C(=O)N2CCN(Cc3cccnc3)CC2)C1. The Morgan fingerprint density at radius 2 is 1.91 bits per heavy atom. The average Bonchev–Trinajstić information content (AvgIpc) is 2.47. The first-order valence-electron chi connectivity index (χ1n) is 7.79. The van der Waals surface area contributed by atoms with E-state index in [-0.39, 0.29) is 17.7 Å². The molecule has 0 aromatic carbocycles. The summed E-state index contributed by atoms with van der Waals surface area (Å²) < 4.78 is 0. The van der Waals surface area contributed by atoms with Crippen molar-refractivity contribution in [1.82, 2.24) is 19.7 Å². The van der Waals surface area contributed by atoms with E-state index in [1.165, 1.54) is 5.56 Å². The summed E-state index contributed by atoms with van der Waals surface area (Å²) in [7, 11) is 0. The van der Waals surface area contributed by atoms with E-state index >= 15 is 0 Å². The Balaban J connectivity index is 1.44. The topological polar surface area (TPSA) is 56.8 Å². The zero-order valence-electron chi connectivity index (χ0n) is 12.9. The molecular weight excluding hydrogens is 280 g/mol. The minimum absolute atomic E-state index is 0.00812. The summed E-state index contributed by atoms with van der Waals surface area (Å²) >= 11 is 0. The average molecular weight is 302 g/mol. The van der Waals surface area contributed by atoms with Crippen LogP contribution in [0.2, 0.25) is 0 Å². The first-order chi connectivity index (χ1) is 10.6. The van der Waals surface area contributed by atoms with E-state index in [1.807, 2.05) is 17.2 Å². The number of piperazine rings is 1. The smallest absolute Gasteiger partial charge is 0.229 e. The van der Waals surface area contributed by atoms with Crippen LogP contribution < -0.4 is 0 Å². The van der Waals surface area contributed by atoms with E-state index < -0.39 is 0 Å². The molecule has 0 spiro atoms. The monoisotopic (exact) mass is 302 g/mol. The molecule has 22 heavy (non-hydrogen) atoms. The van der Waals surface area contributed by atoms with Crippen LogP contribution in [0.15, 0.2) is 24.5 Å². The Morgan fingerprint density at radius 1 is 1.18 bits per heavy atom. The van der Waals surface area contributed by atoms with Gasteiger partial charge in [-0.25, -0.2) is 0 Å². The molecule has 2 amide bonds. The second kappa shape index (κ2) is 6.44. The van der Waals surface area contributed by atoms with Gasteiger partial charge in [-0.3, -0.25) is 19.5 Å². The number of pyridine rings is 1. The Morgan fingerprint density at radius 3 is 2.50 bits per heavy atom. The molecule has 6 heteroatoms. The minimum atomic E-state index is 0.00812. The van der Waals surface area contributed by atoms with Gasteiger partial charge in [0, 0.05) is 65.1 Å². The van der Waals surface area contributed by atoms with Gasteiger partial charge < -0.3 is 9.80 Å². The predicted octanol–water partition coefficient (Wildman–Crippen LogP) is 0.204. The summed E-state index contributed by atoms with van der Waals surface area (Å²) in [6, 6.07) is 4.03. The van der Waals surface area contributed by atoms with Crippen molar-refractivity contribution in [2.45, 2.75) is 13.5 Å². The highest BCUT2D eigenvalue weighted by Crippen LogP contribution is 2.19. The van der Waals surface area contributed by atoms with Gasteiger partial charge >= 0.3 is 0 Å². The van der Waals surface area contributed by atoms with E-state index in [4.69, 9.17) is 0 Å². The van der Waals surface area contributed by atoms with Crippen molar-refractivity contribution in [2.75, 3.05) is 39.3 Å². The van der Waals surface area contributed by atoms with Crippen LogP contribution in [0.3, 0.4) is 0 Å². The van der Waals surface area contributed by atoms with Crippen LogP contribution in [0.25, 0.3) is 0 Å². The molecule has 2 saturated heterocycles. The molecule has 6 nitrogen and oxygen atoms in total. The lowest BCUT2D eigenvalue weighted by Gasteiger charge is -2.42. The van der Waals surface area contributed by atoms with Crippen molar-refractivity contribution in [3.05, 3.63) is 30.1 Å². The number of hydrogen-bond donors (Lipinski definition) is 0. The predicted molar refractivity (Wildman–Crippen MR) is 81.8 cm³/mol. The van der Waals surface area contributed by atoms with E-state index in [1.54, 1.807) is 18.0 Å². The molecular formula is C16H22N4O2. The fourth-order valence-electron chi connectivity index (χ4n) is 3.03. The van der Waals surface area contributed by atoms with E-state index in [9.17, 15) is 9.59 Å². The van der Waals surface area contributed by atoms with Crippen LogP contribution >= 0.6 is 0 Å². The number of hydrogen-bond acceptors (Lipinski definition) is 4. The molecule has 1 aromatic rings. The van der Waals surface area contributed by atoms with Gasteiger partial charge in [0.2, 0.25) is 11.8 Å². The maximum atomic E-state index is 12.4. The van der Waals surface area contributed by atoms with Crippen molar-refractivity contribution in [1.29, 1.82) is 0 Å². The quantitative estimate of drug-likeness (QED) is 0.801. The lowest BCUT2D eigenvalue weighted by atomic mass is 9.98. The molecule has 2 aliphatic rings. The van der Waals surface area contributed by atoms with Gasteiger partial charge in [-0.05, 0) is 11.6 Å². The molecule has 0 radical (unpaired) electrons. The number of carbonyl (C=O) groups excluding carboxylic acids is 2. The van der Waals surface area contributed by atoms with E-state index in [0.717, 1.165) is 32.7 Å². The van der Waals surface area contributed by atoms with Gasteiger partial charge in [-0.1, -0.05) is 6.07 Å². The van der Waals surface area contributed by atoms with Crippen molar-refractivity contribution in [3.8, 4) is 0 Å². The van der Waals surface area contributed by atoms with Crippen LogP contribution in [-0.2, 0) is 16.1 Å². The summed E-state index contributed by atoms with van der Waals surface area (Å²) in [5.74, 6) is 0.276. The number of rotatable bonds is 3. The molecule has 0 saturated carbocycles. The molecule has 2 fully saturated rings. The molecule has 0 atom stereocenters. The van der Waals surface area contributed by atoms with Crippen LogP contribution in [-0.4, -0.2) is 70.8 Å². The van der Waals surface area contributed by atoms with E-state index in [0.29, 0.717) is 13.1 Å². The standard InChI is InChI=1S/C16H22N4O2/c1-13(21)20-11-15(12-20)16(22)19-7-5-18(6-8-19)10-14-3-2-4-17-9-14/h2-4,9,15H,5-8,10-12H2,1H3. The summed E-state index contributed by atoms with van der Waals surface area (Å²) in [6.45, 7) is 6.95. The third kappa shape index (κ3) is 3.27. The number of nitrogens with zero attached hydrogens (tertiary/aromatic N) is 4. The van der Waals surface area contributed by atoms with Gasteiger partial charge in [0.25, 0.3) is 0 Å². The normalized spacial score (nSPS) is 19.9. The Kier molecular flexibility index (Phi) is 4.38. The summed E-state index contributed by atoms with van der Waals surface area (Å²) in [4.78, 5) is 33.7. The molecule has 0 aliphatic carbocycles. The van der Waals surface area contributed by atoms with Crippen molar-refractivity contribution in [2.24, 2.45) is 5.92 Å². The largest absolute Gasteiger partial charge is 0.341 e. The maximum Gasteiger partial charge on any atom is 0.229 e. The van der Waals surface area contributed by atoms with Gasteiger partial charge in [-0.2, -0.15) is 0 Å². The molecule has 118 valence electrons. The maximum absolute atomic E-state index is 12.4. The molecule has 3 heterocycles. The van der Waals surface area contributed by atoms with Gasteiger partial charge in [0.15, 0.2) is 0 Å². The van der Waals surface area contributed by atoms with Crippen molar-refractivity contribution >= 4 is 11.8 Å². The molecule has 0 N–H and O–H groups in total. The molecule has 0 bridgehead atoms. The van der Waals surface area contributed by atoms with Crippen LogP contribution in [0.5, 0.6) is 0 Å². The number of likely N-dealkylation sites (tertiary alicyclic amines) is 1. The van der Waals surface area contributed by atoms with Crippen LogP contribution in [0.4, 0.5) is 0 Å². The third-order valence-corrected chi connectivity index (χ3v) is 4.49. The van der Waals surface area contributed by atoms with Gasteiger partial charge in [-0.15, -0.1) is 0 Å². The van der Waals surface area contributed by atoms with Crippen molar-refractivity contribution in [3.63, 3.8) is 0 Å². The zero-order chi connectivity index (χ0) is 15.5. The highest BCUT2D eigenvalue weighted by Gasteiger charge is 2.37. The zero-order valence-corrected chi connectivity index (χ0v) is 12.9. The summed E-state index contributed by atoms with van der Waals surface area (Å²) in [5.41, 5.74) is 1.21. The Labute approximate surface area is 130 Å². The second-order valence-corrected chi connectivity index (χ2v) is 6.08. The highest BCUT2D eigenvalue weighted by molar-refractivity contribution is 5.83. The molecule has 2 aliphatic heterocycles. The lowest BCUT2D eigenvalue weighted by Crippen LogP contribution is -2.58. The number of carbonyl (C=O) groups is 2. The first kappa shape index (κ1) is 15.0. The third-order valence-electron chi connectivity index (χ3n) is 4.49. The highest BCUT2D eigenvalue weighted by atomic mass is 16.2. The Bertz CT molecular complexity index is 534. The minimum Gasteiger partial charge on any atom is -0.341 e. The molecule has 0 unspecified atom stereocenters. The van der Waals surface area contributed by atoms with Gasteiger partial charge in [0.05, 0.1) is 5.92 Å². The second-order valence-electron chi connectivity index (χ2n) is 6.08. The van der Waals surface area contributed by atoms with Gasteiger partial charge in [0.1, 0.15) is 0 Å².